The number of amides is 1. The summed E-state index contributed by atoms with van der Waals surface area (Å²) >= 11 is 0. The van der Waals surface area contributed by atoms with Crippen LogP contribution in [0.25, 0.3) is 6.08 Å². The van der Waals surface area contributed by atoms with E-state index in [2.05, 4.69) is 36.9 Å². The average molecular weight is 511 g/mol. The number of likely N-dealkylation sites (tertiary alicyclic amines) is 2. The molecule has 0 bridgehead atoms. The Morgan fingerprint density at radius 2 is 1.89 bits per heavy atom. The van der Waals surface area contributed by atoms with Crippen LogP contribution in [0.15, 0.2) is 42.5 Å². The van der Waals surface area contributed by atoms with Gasteiger partial charge < -0.3 is 19.6 Å². The summed E-state index contributed by atoms with van der Waals surface area (Å²) in [6, 6.07) is 9.74. The van der Waals surface area contributed by atoms with Crippen LogP contribution in [-0.2, 0) is 10.2 Å². The zero-order valence-corrected chi connectivity index (χ0v) is 21.6. The first-order valence-electron chi connectivity index (χ1n) is 13.3. The van der Waals surface area contributed by atoms with Crippen LogP contribution in [0.1, 0.15) is 42.9 Å². The topological polar surface area (TPSA) is 53.0 Å². The highest BCUT2D eigenvalue weighted by Gasteiger charge is 2.48. The van der Waals surface area contributed by atoms with Crippen molar-refractivity contribution in [1.29, 1.82) is 0 Å². The summed E-state index contributed by atoms with van der Waals surface area (Å²) in [6.07, 6.45) is 4.87. The van der Waals surface area contributed by atoms with Crippen molar-refractivity contribution in [2.75, 3.05) is 39.3 Å². The summed E-state index contributed by atoms with van der Waals surface area (Å²) in [7, 11) is 0. The van der Waals surface area contributed by atoms with Crippen LogP contribution >= 0.6 is 0 Å². The minimum atomic E-state index is -0.670. The number of aliphatic hydroxyl groups excluding tert-OH is 1. The maximum atomic E-state index is 13.4. The maximum Gasteiger partial charge on any atom is 0.246 e. The van der Waals surface area contributed by atoms with Crippen LogP contribution in [0.3, 0.4) is 0 Å². The average Bonchev–Trinajstić information content (AvgIpc) is 3.23. The Hall–Kier alpha value is -2.77. The molecule has 2 saturated heterocycles. The molecule has 0 saturated carbocycles. The van der Waals surface area contributed by atoms with E-state index in [-0.39, 0.29) is 17.2 Å². The SMILES string of the molecule is Cc1ccc2c(c1)OCC21CCN(C[C@@H](O)C2CCN(C(=O)/C=C/c3cc(F)cc(F)c3)CC2)CC1C. The van der Waals surface area contributed by atoms with Crippen LogP contribution in [0.2, 0.25) is 0 Å². The molecule has 5 rings (SSSR count). The van der Waals surface area contributed by atoms with Gasteiger partial charge in [0, 0.05) is 49.3 Å². The third-order valence-electron chi connectivity index (χ3n) is 8.65. The quantitative estimate of drug-likeness (QED) is 0.600. The van der Waals surface area contributed by atoms with Gasteiger partial charge in [-0.25, -0.2) is 8.78 Å². The molecule has 1 amide bonds. The van der Waals surface area contributed by atoms with Crippen LogP contribution < -0.4 is 4.74 Å². The number of nitrogens with zero attached hydrogens (tertiary/aromatic N) is 2. The molecule has 5 nitrogen and oxygen atoms in total. The predicted molar refractivity (Wildman–Crippen MR) is 139 cm³/mol. The van der Waals surface area contributed by atoms with Gasteiger partial charge in [-0.15, -0.1) is 0 Å². The van der Waals surface area contributed by atoms with E-state index in [0.29, 0.717) is 31.1 Å². The fourth-order valence-corrected chi connectivity index (χ4v) is 6.34. The molecule has 198 valence electrons. The molecule has 2 fully saturated rings. The van der Waals surface area contributed by atoms with Crippen LogP contribution in [0.5, 0.6) is 5.75 Å². The van der Waals surface area contributed by atoms with Gasteiger partial charge in [-0.3, -0.25) is 4.79 Å². The van der Waals surface area contributed by atoms with E-state index in [1.54, 1.807) is 4.90 Å². The lowest BCUT2D eigenvalue weighted by molar-refractivity contribution is -0.128. The zero-order chi connectivity index (χ0) is 26.2. The standard InChI is InChI=1S/C30H36F2N2O3/c1-20-3-5-26-28(13-20)37-19-30(26)9-12-33(17-21(30)2)18-27(35)23-7-10-34(11-8-23)29(36)6-4-22-14-24(31)16-25(32)15-22/h3-6,13-16,21,23,27,35H,7-12,17-19H2,1-2H3/b6-4+/t21?,27-,30?/m1/s1. The molecule has 1 N–H and O–H groups in total. The van der Waals surface area contributed by atoms with Gasteiger partial charge in [0.1, 0.15) is 17.4 Å². The molecule has 3 atom stereocenters. The van der Waals surface area contributed by atoms with Crippen LogP contribution in [0.4, 0.5) is 8.78 Å². The van der Waals surface area contributed by atoms with Crippen molar-refractivity contribution in [2.24, 2.45) is 11.8 Å². The Kier molecular flexibility index (Phi) is 7.37. The van der Waals surface area contributed by atoms with Gasteiger partial charge in [0.05, 0.1) is 12.7 Å². The summed E-state index contributed by atoms with van der Waals surface area (Å²) in [4.78, 5) is 16.7. The third-order valence-corrected chi connectivity index (χ3v) is 8.65. The molecular formula is C30H36F2N2O3. The number of fused-ring (bicyclic) bond motifs is 2. The Labute approximate surface area is 217 Å². The number of benzene rings is 2. The Morgan fingerprint density at radius 3 is 2.59 bits per heavy atom. The van der Waals surface area contributed by atoms with Crippen molar-refractivity contribution in [3.8, 4) is 5.75 Å². The highest BCUT2D eigenvalue weighted by atomic mass is 19.1. The fourth-order valence-electron chi connectivity index (χ4n) is 6.34. The second kappa shape index (κ2) is 10.5. The van der Waals surface area contributed by atoms with Crippen LogP contribution in [-0.4, -0.2) is 66.2 Å². The number of piperidine rings is 2. The van der Waals surface area contributed by atoms with E-state index >= 15 is 0 Å². The van der Waals surface area contributed by atoms with Crippen molar-refractivity contribution >= 4 is 12.0 Å². The van der Waals surface area contributed by atoms with Gasteiger partial charge in [-0.2, -0.15) is 0 Å². The molecule has 3 aliphatic rings. The molecule has 0 aromatic heterocycles. The smallest absolute Gasteiger partial charge is 0.246 e. The summed E-state index contributed by atoms with van der Waals surface area (Å²) in [5.74, 6) is 0.0835. The van der Waals surface area contributed by atoms with Gasteiger partial charge in [-0.05, 0) is 80.0 Å². The zero-order valence-electron chi connectivity index (χ0n) is 21.6. The van der Waals surface area contributed by atoms with E-state index in [1.807, 2.05) is 0 Å². The number of carbonyl (C=O) groups excluding carboxylic acids is 1. The molecule has 7 heteroatoms. The second-order valence-corrected chi connectivity index (χ2v) is 11.1. The van der Waals surface area contributed by atoms with Gasteiger partial charge in [-0.1, -0.05) is 19.1 Å². The highest BCUT2D eigenvalue weighted by Crippen LogP contribution is 2.48. The van der Waals surface area contributed by atoms with E-state index in [0.717, 1.165) is 50.8 Å². The number of aryl methyl sites for hydroxylation is 1. The van der Waals surface area contributed by atoms with Gasteiger partial charge >= 0.3 is 0 Å². The number of carbonyl (C=O) groups is 1. The normalized spacial score (nSPS) is 25.4. The van der Waals surface area contributed by atoms with Crippen LogP contribution in [0, 0.1) is 30.4 Å². The van der Waals surface area contributed by atoms with E-state index in [1.165, 1.54) is 35.4 Å². The number of ether oxygens (including phenoxy) is 1. The van der Waals surface area contributed by atoms with Crippen molar-refractivity contribution in [2.45, 2.75) is 44.6 Å². The summed E-state index contributed by atoms with van der Waals surface area (Å²) in [5.41, 5.74) is 2.92. The minimum absolute atomic E-state index is 0.0565. The molecule has 2 aromatic carbocycles. The Balaban J connectivity index is 1.11. The molecule has 0 aliphatic carbocycles. The minimum Gasteiger partial charge on any atom is -0.492 e. The van der Waals surface area contributed by atoms with E-state index < -0.39 is 17.7 Å². The fraction of sp³-hybridized carbons (Fsp3) is 0.500. The molecule has 37 heavy (non-hydrogen) atoms. The molecule has 2 aromatic rings. The lowest BCUT2D eigenvalue weighted by atomic mass is 9.67. The summed E-state index contributed by atoms with van der Waals surface area (Å²) in [5, 5.41) is 11.0. The molecule has 3 heterocycles. The number of hydrogen-bond donors (Lipinski definition) is 1. The monoisotopic (exact) mass is 510 g/mol. The van der Waals surface area contributed by atoms with E-state index in [9.17, 15) is 18.7 Å². The number of halogens is 2. The largest absolute Gasteiger partial charge is 0.492 e. The summed E-state index contributed by atoms with van der Waals surface area (Å²) < 4.78 is 32.8. The van der Waals surface area contributed by atoms with Crippen molar-refractivity contribution in [3.05, 3.63) is 70.8 Å². The molecule has 3 aliphatic heterocycles. The first-order chi connectivity index (χ1) is 17.7. The Morgan fingerprint density at radius 1 is 1.16 bits per heavy atom. The first kappa shape index (κ1) is 25.9. The van der Waals surface area contributed by atoms with Crippen molar-refractivity contribution in [3.63, 3.8) is 0 Å². The van der Waals surface area contributed by atoms with Crippen molar-refractivity contribution in [1.82, 2.24) is 9.80 Å². The lowest BCUT2D eigenvalue weighted by Gasteiger charge is -2.45. The van der Waals surface area contributed by atoms with Gasteiger partial charge in [0.25, 0.3) is 0 Å². The number of rotatable bonds is 5. The highest BCUT2D eigenvalue weighted by molar-refractivity contribution is 5.91. The second-order valence-electron chi connectivity index (χ2n) is 11.1. The van der Waals surface area contributed by atoms with Gasteiger partial charge in [0.2, 0.25) is 5.91 Å². The number of hydrogen-bond acceptors (Lipinski definition) is 4. The number of aliphatic hydroxyl groups is 1. The van der Waals surface area contributed by atoms with Crippen molar-refractivity contribution < 1.29 is 23.4 Å². The molecule has 0 radical (unpaired) electrons. The number of β-amino-alcohol motifs (C(OH)–C–C–N with tert-alkyl or cyclic N) is 1. The Bertz CT molecular complexity index is 1160. The predicted octanol–water partition coefficient (Wildman–Crippen LogP) is 4.56. The molecule has 1 spiro atoms. The first-order valence-corrected chi connectivity index (χ1v) is 13.3. The third kappa shape index (κ3) is 5.43. The maximum absolute atomic E-state index is 13.4. The molecule has 2 unspecified atom stereocenters. The molecular weight excluding hydrogens is 474 g/mol. The lowest BCUT2D eigenvalue weighted by Crippen LogP contribution is -2.52. The van der Waals surface area contributed by atoms with E-state index in [4.69, 9.17) is 4.74 Å². The summed E-state index contributed by atoms with van der Waals surface area (Å²) in [6.45, 7) is 8.76. The van der Waals surface area contributed by atoms with Gasteiger partial charge in [0.15, 0.2) is 0 Å².